The van der Waals surface area contributed by atoms with Crippen molar-refractivity contribution in [2.24, 2.45) is 0 Å². The average molecular weight is 51.5 g/mol. The first-order chi connectivity index (χ1) is 1.41. The standard InChI is InChI=1S/CH4.B3H3/c;1-3-2/h1H4;1H3/q;-1. The minimum Gasteiger partial charge on any atom is -0.159 e. The molecule has 3 heteroatoms. The van der Waals surface area contributed by atoms with Crippen LogP contribution in [0, 0.1) is 0 Å². The van der Waals surface area contributed by atoms with Crippen LogP contribution >= 0.6 is 0 Å². The van der Waals surface area contributed by atoms with Crippen molar-refractivity contribution >= 4 is 22.5 Å². The van der Waals surface area contributed by atoms with E-state index in [1.165, 1.54) is 0 Å². The van der Waals surface area contributed by atoms with Crippen molar-refractivity contribution in [3.63, 3.8) is 0 Å². The Kier molecular flexibility index (Phi) is 24.0. The molecule has 0 saturated carbocycles. The van der Waals surface area contributed by atoms with Crippen molar-refractivity contribution in [1.29, 1.82) is 0 Å². The molecule has 0 aromatic rings. The Hall–Kier alpha value is 0.195. The maximum atomic E-state index is 4.83. The minimum atomic E-state index is 0. The van der Waals surface area contributed by atoms with Crippen LogP contribution in [0.4, 0.5) is 0 Å². The summed E-state index contributed by atoms with van der Waals surface area (Å²) in [5.74, 6) is 0. The lowest BCUT2D eigenvalue weighted by Crippen LogP contribution is -1.79. The maximum Gasteiger partial charge on any atom is -0.0380 e. The molecule has 0 aliphatic carbocycles. The molecular weight excluding hydrogens is 44.4 g/mol. The van der Waals surface area contributed by atoms with Gasteiger partial charge in [0.1, 0.15) is 0 Å². The molecule has 0 fully saturated rings. The molecule has 0 N–H and O–H groups in total. The molecule has 0 saturated heterocycles. The van der Waals surface area contributed by atoms with Gasteiger partial charge in [0.25, 0.3) is 0 Å². The van der Waals surface area contributed by atoms with Crippen molar-refractivity contribution in [1.82, 2.24) is 0 Å². The Labute approximate surface area is 31.0 Å². The fraction of sp³-hybridized carbons (Fsp3) is 1.00. The molecule has 0 amide bonds. The highest BCUT2D eigenvalue weighted by Gasteiger charge is 1.31. The van der Waals surface area contributed by atoms with E-state index in [2.05, 4.69) is 0 Å². The summed E-state index contributed by atoms with van der Waals surface area (Å²) in [6.45, 7) is 0. The Morgan fingerprint density at radius 1 is 1.75 bits per heavy atom. The highest BCUT2D eigenvalue weighted by molar-refractivity contribution is 7.17. The highest BCUT2D eigenvalue weighted by atomic mass is 12.2. The molecule has 0 aromatic heterocycles. The predicted molar refractivity (Wildman–Crippen MR) is 28.2 cm³/mol. The summed E-state index contributed by atoms with van der Waals surface area (Å²) in [4.78, 5) is 0. The summed E-state index contributed by atoms with van der Waals surface area (Å²) in [7, 11) is 7.00. The summed E-state index contributed by atoms with van der Waals surface area (Å²) < 4.78 is 0. The molecule has 0 atom stereocenters. The molecule has 3 radical (unpaired) electrons. The first-order valence-electron chi connectivity index (χ1n) is 0.333. The molecule has 0 rings (SSSR count). The molecule has 0 aliphatic rings. The van der Waals surface area contributed by atoms with Gasteiger partial charge in [0.05, 0.1) is 0 Å². The van der Waals surface area contributed by atoms with Gasteiger partial charge in [-0.1, -0.05) is 15.2 Å². The van der Waals surface area contributed by atoms with Gasteiger partial charge in [-0.05, 0) is 7.74 Å². The van der Waals surface area contributed by atoms with Gasteiger partial charge in [-0.3, -0.25) is 0 Å². The minimum absolute atomic E-state index is 0. The van der Waals surface area contributed by atoms with Crippen molar-refractivity contribution in [2.75, 3.05) is 0 Å². The van der Waals surface area contributed by atoms with Gasteiger partial charge < -0.3 is 0 Å². The highest BCUT2D eigenvalue weighted by Crippen LogP contribution is 1.03. The van der Waals surface area contributed by atoms with Gasteiger partial charge >= 0.3 is 0 Å². The average Bonchev–Trinajstić information content (AvgIpc) is 0.918. The lowest BCUT2D eigenvalue weighted by molar-refractivity contribution is 2.50. The van der Waals surface area contributed by atoms with Gasteiger partial charge in [0, 0.05) is 0 Å². The van der Waals surface area contributed by atoms with Crippen LogP contribution in [0.3, 0.4) is 0 Å². The zero-order chi connectivity index (χ0) is 2.71. The van der Waals surface area contributed by atoms with Crippen LogP contribution in [0.5, 0.6) is 0 Å². The summed E-state index contributed by atoms with van der Waals surface area (Å²) in [5, 5.41) is 0. The first kappa shape index (κ1) is 8.89. The summed E-state index contributed by atoms with van der Waals surface area (Å²) in [6, 6.07) is 0. The topological polar surface area (TPSA) is 0 Å². The SMILES string of the molecule is C.[B][B][BH3-]. The third kappa shape index (κ3) is 82.6. The summed E-state index contributed by atoms with van der Waals surface area (Å²) in [6.07, 6.45) is 0. The maximum absolute atomic E-state index is 4.83. The number of rotatable bonds is 0. The van der Waals surface area contributed by atoms with Crippen LogP contribution in [0.15, 0.2) is 0 Å². The van der Waals surface area contributed by atoms with E-state index in [0.717, 1.165) is 0 Å². The van der Waals surface area contributed by atoms with Crippen molar-refractivity contribution in [3.05, 3.63) is 0 Å². The van der Waals surface area contributed by atoms with Gasteiger partial charge in [-0.2, -0.15) is 7.06 Å². The van der Waals surface area contributed by atoms with E-state index in [0.29, 0.717) is 7.74 Å². The van der Waals surface area contributed by atoms with Crippen LogP contribution < -0.4 is 0 Å². The number of hydrogen-bond donors (Lipinski definition) is 0. The second-order valence-corrected chi connectivity index (χ2v) is 0. The molecule has 0 aliphatic heterocycles. The fourth-order valence-corrected chi connectivity index (χ4v) is 0. The van der Waals surface area contributed by atoms with Crippen molar-refractivity contribution < 1.29 is 0 Å². The van der Waals surface area contributed by atoms with Gasteiger partial charge in [-0.15, -0.1) is 0 Å². The van der Waals surface area contributed by atoms with Crippen LogP contribution in [-0.4, -0.2) is 22.5 Å². The molecule has 21 valence electrons. The van der Waals surface area contributed by atoms with Crippen LogP contribution in [0.25, 0.3) is 0 Å². The van der Waals surface area contributed by atoms with E-state index in [1.54, 1.807) is 7.06 Å². The largest absolute Gasteiger partial charge is 0.159 e. The Balaban J connectivity index is 0. The van der Waals surface area contributed by atoms with E-state index in [9.17, 15) is 0 Å². The predicted octanol–water partition coefficient (Wildman–Crippen LogP) is -1.31. The molecule has 0 nitrogen and oxygen atoms in total. The first-order valence-corrected chi connectivity index (χ1v) is 0.333. The van der Waals surface area contributed by atoms with Crippen molar-refractivity contribution in [3.8, 4) is 0 Å². The second-order valence-electron chi connectivity index (χ2n) is 0. The molecule has 0 aromatic carbocycles. The van der Waals surface area contributed by atoms with Gasteiger partial charge in [-0.25, -0.2) is 0 Å². The summed E-state index contributed by atoms with van der Waals surface area (Å²) in [5.41, 5.74) is 0. The zero-order valence-electron chi connectivity index (χ0n) is 1.15. The zero-order valence-corrected chi connectivity index (χ0v) is 1.15. The van der Waals surface area contributed by atoms with E-state index in [4.69, 9.17) is 7.74 Å². The van der Waals surface area contributed by atoms with Gasteiger partial charge in [0.2, 0.25) is 0 Å². The lowest BCUT2D eigenvalue weighted by atomic mass is 9.40. The van der Waals surface area contributed by atoms with Gasteiger partial charge in [0.15, 0.2) is 0 Å². The van der Waals surface area contributed by atoms with E-state index < -0.39 is 0 Å². The molecule has 4 heavy (non-hydrogen) atoms. The lowest BCUT2D eigenvalue weighted by Gasteiger charge is -1.52. The second kappa shape index (κ2) is 10.8. The number of hydrogen-bond acceptors (Lipinski definition) is 0. The van der Waals surface area contributed by atoms with Crippen LogP contribution in [-0.2, 0) is 0 Å². The Bertz CT molecular complexity index is 3.25. The molecular formula is CH7B3-. The fourth-order valence-electron chi connectivity index (χ4n) is 0. The van der Waals surface area contributed by atoms with Crippen LogP contribution in [0.2, 0.25) is 0 Å². The monoisotopic (exact) mass is 52.1 g/mol. The van der Waals surface area contributed by atoms with E-state index >= 15 is 0 Å². The molecule has 0 heterocycles. The Morgan fingerprint density at radius 2 is 1.75 bits per heavy atom. The third-order valence-corrected chi connectivity index (χ3v) is 0. The quantitative estimate of drug-likeness (QED) is 0.300. The Morgan fingerprint density at radius 3 is 1.75 bits per heavy atom. The summed E-state index contributed by atoms with van der Waals surface area (Å²) >= 11 is 0. The smallest absolute Gasteiger partial charge is 0.0380 e. The van der Waals surface area contributed by atoms with Crippen LogP contribution in [0.1, 0.15) is 7.43 Å². The van der Waals surface area contributed by atoms with E-state index in [-0.39, 0.29) is 7.43 Å². The molecule has 0 unspecified atom stereocenters. The van der Waals surface area contributed by atoms with E-state index in [1.807, 2.05) is 0 Å². The normalized spacial score (nSPS) is 3.25. The molecule has 0 spiro atoms. The molecule has 0 bridgehead atoms. The van der Waals surface area contributed by atoms with Crippen molar-refractivity contribution in [2.45, 2.75) is 7.43 Å². The third-order valence-electron chi connectivity index (χ3n) is 0.